The van der Waals surface area contributed by atoms with Gasteiger partial charge >= 0.3 is 0 Å². The molecule has 0 amide bonds. The van der Waals surface area contributed by atoms with Crippen LogP contribution in [0.3, 0.4) is 0 Å². The van der Waals surface area contributed by atoms with Gasteiger partial charge in [-0.25, -0.2) is 0 Å². The Labute approximate surface area is 84.0 Å². The van der Waals surface area contributed by atoms with E-state index in [4.69, 9.17) is 5.26 Å². The summed E-state index contributed by atoms with van der Waals surface area (Å²) >= 11 is 0. The Morgan fingerprint density at radius 3 is 2.79 bits per heavy atom. The van der Waals surface area contributed by atoms with Gasteiger partial charge in [0.2, 0.25) is 0 Å². The van der Waals surface area contributed by atoms with Crippen molar-refractivity contribution in [2.24, 2.45) is 0 Å². The quantitative estimate of drug-likeness (QED) is 0.719. The van der Waals surface area contributed by atoms with Crippen LogP contribution < -0.4 is 5.32 Å². The second-order valence-electron chi connectivity index (χ2n) is 3.17. The van der Waals surface area contributed by atoms with Crippen LogP contribution in [0.25, 0.3) is 0 Å². The third-order valence-corrected chi connectivity index (χ3v) is 2.12. The SMILES string of the molecule is CCCNc1ccc(C#N)c(C)c1O. The van der Waals surface area contributed by atoms with Crippen LogP contribution in [0.5, 0.6) is 5.75 Å². The number of benzene rings is 1. The van der Waals surface area contributed by atoms with Gasteiger partial charge in [-0.15, -0.1) is 0 Å². The molecule has 0 heterocycles. The van der Waals surface area contributed by atoms with Crippen LogP contribution in [0.1, 0.15) is 24.5 Å². The van der Waals surface area contributed by atoms with E-state index in [-0.39, 0.29) is 5.75 Å². The first-order chi connectivity index (χ1) is 6.70. The average molecular weight is 190 g/mol. The third kappa shape index (κ3) is 1.97. The third-order valence-electron chi connectivity index (χ3n) is 2.12. The highest BCUT2D eigenvalue weighted by atomic mass is 16.3. The molecule has 14 heavy (non-hydrogen) atoms. The predicted octanol–water partition coefficient (Wildman–Crippen LogP) is 2.39. The van der Waals surface area contributed by atoms with Crippen molar-refractivity contribution in [1.82, 2.24) is 0 Å². The number of phenolic OH excluding ortho intramolecular Hbond substituents is 1. The minimum atomic E-state index is 0.178. The molecule has 74 valence electrons. The predicted molar refractivity (Wildman–Crippen MR) is 56.3 cm³/mol. The van der Waals surface area contributed by atoms with Crippen molar-refractivity contribution in [2.75, 3.05) is 11.9 Å². The molecule has 0 aliphatic rings. The molecular formula is C11H14N2O. The van der Waals surface area contributed by atoms with Gasteiger partial charge in [0.15, 0.2) is 0 Å². The van der Waals surface area contributed by atoms with Gasteiger partial charge in [-0.05, 0) is 25.5 Å². The van der Waals surface area contributed by atoms with Crippen molar-refractivity contribution >= 4 is 5.69 Å². The summed E-state index contributed by atoms with van der Waals surface area (Å²) in [5.41, 5.74) is 1.85. The maximum Gasteiger partial charge on any atom is 0.142 e. The Kier molecular flexibility index (Phi) is 3.35. The highest BCUT2D eigenvalue weighted by Gasteiger charge is 2.07. The molecule has 0 aliphatic carbocycles. The van der Waals surface area contributed by atoms with E-state index in [0.717, 1.165) is 13.0 Å². The Hall–Kier alpha value is -1.69. The van der Waals surface area contributed by atoms with Crippen LogP contribution >= 0.6 is 0 Å². The summed E-state index contributed by atoms with van der Waals surface area (Å²) in [6.45, 7) is 4.62. The minimum Gasteiger partial charge on any atom is -0.505 e. The van der Waals surface area contributed by atoms with Gasteiger partial charge in [-0.3, -0.25) is 0 Å². The van der Waals surface area contributed by atoms with Crippen LogP contribution in [-0.4, -0.2) is 11.7 Å². The van der Waals surface area contributed by atoms with Gasteiger partial charge in [-0.1, -0.05) is 6.92 Å². The lowest BCUT2D eigenvalue weighted by Crippen LogP contribution is -2.00. The largest absolute Gasteiger partial charge is 0.505 e. The van der Waals surface area contributed by atoms with E-state index in [1.54, 1.807) is 19.1 Å². The first-order valence-corrected chi connectivity index (χ1v) is 4.67. The monoisotopic (exact) mass is 190 g/mol. The molecule has 0 atom stereocenters. The number of nitrogens with zero attached hydrogens (tertiary/aromatic N) is 1. The number of hydrogen-bond acceptors (Lipinski definition) is 3. The standard InChI is InChI=1S/C11H14N2O/c1-3-6-13-10-5-4-9(7-12)8(2)11(10)14/h4-5,13-14H,3,6H2,1-2H3. The molecule has 0 unspecified atom stereocenters. The molecule has 0 fully saturated rings. The Morgan fingerprint density at radius 2 is 2.21 bits per heavy atom. The normalized spacial score (nSPS) is 9.50. The van der Waals surface area contributed by atoms with Crippen molar-refractivity contribution in [3.05, 3.63) is 23.3 Å². The maximum absolute atomic E-state index is 9.72. The van der Waals surface area contributed by atoms with Crippen LogP contribution in [0, 0.1) is 18.3 Å². The first kappa shape index (κ1) is 10.4. The molecule has 3 nitrogen and oxygen atoms in total. The second-order valence-corrected chi connectivity index (χ2v) is 3.17. The van der Waals surface area contributed by atoms with E-state index < -0.39 is 0 Å². The van der Waals surface area contributed by atoms with E-state index in [1.807, 2.05) is 6.07 Å². The number of rotatable bonds is 3. The van der Waals surface area contributed by atoms with Crippen LogP contribution in [0.4, 0.5) is 5.69 Å². The zero-order chi connectivity index (χ0) is 10.6. The molecule has 2 N–H and O–H groups in total. The molecular weight excluding hydrogens is 176 g/mol. The smallest absolute Gasteiger partial charge is 0.142 e. The molecule has 1 rings (SSSR count). The highest BCUT2D eigenvalue weighted by Crippen LogP contribution is 2.29. The molecule has 3 heteroatoms. The Bertz CT molecular complexity index is 366. The maximum atomic E-state index is 9.72. The van der Waals surface area contributed by atoms with E-state index in [9.17, 15) is 5.11 Å². The summed E-state index contributed by atoms with van der Waals surface area (Å²) in [5, 5.41) is 21.5. The molecule has 0 radical (unpaired) electrons. The topological polar surface area (TPSA) is 56.0 Å². The summed E-state index contributed by atoms with van der Waals surface area (Å²) in [5.74, 6) is 0.178. The molecule has 0 aliphatic heterocycles. The summed E-state index contributed by atoms with van der Waals surface area (Å²) < 4.78 is 0. The number of hydrogen-bond donors (Lipinski definition) is 2. The summed E-state index contributed by atoms with van der Waals surface area (Å²) in [4.78, 5) is 0. The summed E-state index contributed by atoms with van der Waals surface area (Å²) in [7, 11) is 0. The van der Waals surface area contributed by atoms with E-state index in [2.05, 4.69) is 12.2 Å². The molecule has 0 bridgehead atoms. The Morgan fingerprint density at radius 1 is 1.50 bits per heavy atom. The number of nitriles is 1. The number of anilines is 1. The summed E-state index contributed by atoms with van der Waals surface area (Å²) in [6.07, 6.45) is 0.999. The fourth-order valence-corrected chi connectivity index (χ4v) is 1.22. The van der Waals surface area contributed by atoms with Crippen molar-refractivity contribution < 1.29 is 5.11 Å². The zero-order valence-corrected chi connectivity index (χ0v) is 8.46. The van der Waals surface area contributed by atoms with Gasteiger partial charge < -0.3 is 10.4 Å². The lowest BCUT2D eigenvalue weighted by atomic mass is 10.1. The van der Waals surface area contributed by atoms with Gasteiger partial charge in [-0.2, -0.15) is 5.26 Å². The lowest BCUT2D eigenvalue weighted by molar-refractivity contribution is 0.473. The highest BCUT2D eigenvalue weighted by molar-refractivity contribution is 5.63. The van der Waals surface area contributed by atoms with Crippen molar-refractivity contribution in [3.8, 4) is 11.8 Å². The molecule has 1 aromatic rings. The van der Waals surface area contributed by atoms with E-state index in [1.165, 1.54) is 0 Å². The molecule has 1 aromatic carbocycles. The number of nitrogens with one attached hydrogen (secondary N) is 1. The van der Waals surface area contributed by atoms with Crippen LogP contribution in [-0.2, 0) is 0 Å². The van der Waals surface area contributed by atoms with Gasteiger partial charge in [0.05, 0.1) is 17.3 Å². The van der Waals surface area contributed by atoms with Gasteiger partial charge in [0, 0.05) is 12.1 Å². The first-order valence-electron chi connectivity index (χ1n) is 4.67. The number of aromatic hydroxyl groups is 1. The van der Waals surface area contributed by atoms with Crippen LogP contribution in [0.15, 0.2) is 12.1 Å². The fraction of sp³-hybridized carbons (Fsp3) is 0.364. The lowest BCUT2D eigenvalue weighted by Gasteiger charge is -2.09. The fourth-order valence-electron chi connectivity index (χ4n) is 1.22. The van der Waals surface area contributed by atoms with Crippen molar-refractivity contribution in [1.29, 1.82) is 5.26 Å². The van der Waals surface area contributed by atoms with Gasteiger partial charge in [0.1, 0.15) is 5.75 Å². The average Bonchev–Trinajstić information content (AvgIpc) is 2.20. The molecule has 0 saturated heterocycles. The van der Waals surface area contributed by atoms with Crippen molar-refractivity contribution in [2.45, 2.75) is 20.3 Å². The minimum absolute atomic E-state index is 0.178. The van der Waals surface area contributed by atoms with E-state index >= 15 is 0 Å². The van der Waals surface area contributed by atoms with Crippen molar-refractivity contribution in [3.63, 3.8) is 0 Å². The molecule has 0 spiro atoms. The molecule has 0 aromatic heterocycles. The summed E-state index contributed by atoms with van der Waals surface area (Å²) in [6, 6.07) is 5.48. The molecule has 0 saturated carbocycles. The Balaban J connectivity index is 3.00. The van der Waals surface area contributed by atoms with Crippen LogP contribution in [0.2, 0.25) is 0 Å². The zero-order valence-electron chi connectivity index (χ0n) is 8.46. The number of phenols is 1. The second kappa shape index (κ2) is 4.52. The van der Waals surface area contributed by atoms with Gasteiger partial charge in [0.25, 0.3) is 0 Å². The van der Waals surface area contributed by atoms with E-state index in [0.29, 0.717) is 16.8 Å².